The average Bonchev–Trinajstić information content (AvgIpc) is 2.48. The summed E-state index contributed by atoms with van der Waals surface area (Å²) in [6, 6.07) is 15.8. The average molecular weight is 265 g/mol. The van der Waals surface area contributed by atoms with E-state index in [9.17, 15) is 0 Å². The number of hydrogen-bond donors (Lipinski definition) is 1. The molecular weight excluding hydrogens is 250 g/mol. The van der Waals surface area contributed by atoms with Gasteiger partial charge in [0.15, 0.2) is 0 Å². The molecule has 3 rings (SSSR count). The van der Waals surface area contributed by atoms with Crippen LogP contribution in [0.1, 0.15) is 5.56 Å². The van der Waals surface area contributed by atoms with Gasteiger partial charge in [0, 0.05) is 6.54 Å². The summed E-state index contributed by atoms with van der Waals surface area (Å²) in [6.45, 7) is 0.807. The molecule has 3 aromatic rings. The van der Waals surface area contributed by atoms with Crippen LogP contribution in [0.25, 0.3) is 10.9 Å². The summed E-state index contributed by atoms with van der Waals surface area (Å²) in [6.07, 6.45) is 1.52. The summed E-state index contributed by atoms with van der Waals surface area (Å²) >= 11 is 0. The van der Waals surface area contributed by atoms with Gasteiger partial charge in [-0.1, -0.05) is 24.3 Å². The van der Waals surface area contributed by atoms with Gasteiger partial charge >= 0.3 is 0 Å². The van der Waals surface area contributed by atoms with Crippen molar-refractivity contribution in [2.75, 3.05) is 7.05 Å². The Labute approximate surface area is 117 Å². The predicted octanol–water partition coefficient (Wildman–Crippen LogP) is 3.14. The van der Waals surface area contributed by atoms with Crippen LogP contribution in [0, 0.1) is 0 Å². The van der Waals surface area contributed by atoms with Crippen LogP contribution in [0.3, 0.4) is 0 Å². The van der Waals surface area contributed by atoms with Gasteiger partial charge < -0.3 is 10.1 Å². The lowest BCUT2D eigenvalue weighted by atomic mass is 10.2. The van der Waals surface area contributed by atoms with Gasteiger partial charge in [-0.2, -0.15) is 0 Å². The Hall–Kier alpha value is -2.46. The van der Waals surface area contributed by atoms with Crippen LogP contribution in [0.4, 0.5) is 0 Å². The van der Waals surface area contributed by atoms with Crippen molar-refractivity contribution < 1.29 is 4.74 Å². The van der Waals surface area contributed by atoms with Gasteiger partial charge in [-0.25, -0.2) is 9.97 Å². The Morgan fingerprint density at radius 3 is 2.85 bits per heavy atom. The van der Waals surface area contributed by atoms with E-state index >= 15 is 0 Å². The molecule has 0 radical (unpaired) electrons. The van der Waals surface area contributed by atoms with Crippen molar-refractivity contribution >= 4 is 10.9 Å². The Morgan fingerprint density at radius 1 is 1.05 bits per heavy atom. The highest BCUT2D eigenvalue weighted by molar-refractivity contribution is 5.83. The molecule has 0 aliphatic carbocycles. The Bertz CT molecular complexity index is 722. The van der Waals surface area contributed by atoms with Gasteiger partial charge in [0.2, 0.25) is 5.88 Å². The third kappa shape index (κ3) is 2.60. The standard InChI is InChI=1S/C16H15N3O/c1-17-10-12-5-4-6-13(9-12)20-16-14-7-2-3-8-15(14)18-11-19-16/h2-9,11,17H,10H2,1H3. The second-order valence-corrected chi connectivity index (χ2v) is 4.48. The van der Waals surface area contributed by atoms with E-state index in [-0.39, 0.29) is 0 Å². The zero-order valence-corrected chi connectivity index (χ0v) is 11.2. The molecule has 4 heteroatoms. The summed E-state index contributed by atoms with van der Waals surface area (Å²) in [5.74, 6) is 1.36. The Kier molecular flexibility index (Phi) is 3.56. The maximum atomic E-state index is 5.90. The highest BCUT2D eigenvalue weighted by atomic mass is 16.5. The van der Waals surface area contributed by atoms with E-state index in [4.69, 9.17) is 4.74 Å². The first-order valence-electron chi connectivity index (χ1n) is 6.48. The smallest absolute Gasteiger partial charge is 0.230 e. The lowest BCUT2D eigenvalue weighted by Gasteiger charge is -2.08. The number of fused-ring (bicyclic) bond motifs is 1. The van der Waals surface area contributed by atoms with Crippen LogP contribution >= 0.6 is 0 Å². The quantitative estimate of drug-likeness (QED) is 0.787. The third-order valence-corrected chi connectivity index (χ3v) is 3.00. The Morgan fingerprint density at radius 2 is 1.95 bits per heavy atom. The molecule has 0 aliphatic rings. The highest BCUT2D eigenvalue weighted by Gasteiger charge is 2.05. The largest absolute Gasteiger partial charge is 0.438 e. The second kappa shape index (κ2) is 5.67. The molecule has 0 aliphatic heterocycles. The predicted molar refractivity (Wildman–Crippen MR) is 78.8 cm³/mol. The minimum Gasteiger partial charge on any atom is -0.438 e. The fourth-order valence-corrected chi connectivity index (χ4v) is 2.10. The number of aromatic nitrogens is 2. The van der Waals surface area contributed by atoms with E-state index in [1.165, 1.54) is 11.9 Å². The monoisotopic (exact) mass is 265 g/mol. The van der Waals surface area contributed by atoms with Crippen molar-refractivity contribution in [3.63, 3.8) is 0 Å². The molecule has 0 atom stereocenters. The molecule has 0 amide bonds. The summed E-state index contributed by atoms with van der Waals surface area (Å²) in [4.78, 5) is 8.46. The molecule has 1 N–H and O–H groups in total. The third-order valence-electron chi connectivity index (χ3n) is 3.00. The van der Waals surface area contributed by atoms with E-state index in [0.29, 0.717) is 5.88 Å². The van der Waals surface area contributed by atoms with Crippen molar-refractivity contribution in [2.24, 2.45) is 0 Å². The summed E-state index contributed by atoms with van der Waals surface area (Å²) < 4.78 is 5.90. The van der Waals surface area contributed by atoms with Crippen molar-refractivity contribution in [1.29, 1.82) is 0 Å². The second-order valence-electron chi connectivity index (χ2n) is 4.48. The number of ether oxygens (including phenoxy) is 1. The van der Waals surface area contributed by atoms with Crippen LogP contribution in [0.5, 0.6) is 11.6 Å². The minimum atomic E-state index is 0.581. The van der Waals surface area contributed by atoms with Crippen LogP contribution in [0.2, 0.25) is 0 Å². The van der Waals surface area contributed by atoms with Crippen molar-refractivity contribution in [2.45, 2.75) is 6.54 Å². The molecule has 0 spiro atoms. The van der Waals surface area contributed by atoms with Gasteiger partial charge in [-0.3, -0.25) is 0 Å². The number of para-hydroxylation sites is 1. The van der Waals surface area contributed by atoms with Crippen molar-refractivity contribution in [3.8, 4) is 11.6 Å². The zero-order chi connectivity index (χ0) is 13.8. The molecule has 100 valence electrons. The first kappa shape index (κ1) is 12.6. The SMILES string of the molecule is CNCc1cccc(Oc2ncnc3ccccc23)c1. The van der Waals surface area contributed by atoms with Crippen molar-refractivity contribution in [1.82, 2.24) is 15.3 Å². The highest BCUT2D eigenvalue weighted by Crippen LogP contribution is 2.26. The van der Waals surface area contributed by atoms with Crippen LogP contribution in [0.15, 0.2) is 54.9 Å². The molecule has 4 nitrogen and oxygen atoms in total. The zero-order valence-electron chi connectivity index (χ0n) is 11.2. The number of nitrogens with zero attached hydrogens (tertiary/aromatic N) is 2. The molecule has 0 fully saturated rings. The van der Waals surface area contributed by atoms with Gasteiger partial charge in [-0.05, 0) is 36.9 Å². The summed E-state index contributed by atoms with van der Waals surface area (Å²) in [7, 11) is 1.92. The molecule has 0 bridgehead atoms. The van der Waals surface area contributed by atoms with Gasteiger partial charge in [0.25, 0.3) is 0 Å². The summed E-state index contributed by atoms with van der Waals surface area (Å²) in [5.41, 5.74) is 2.05. The number of rotatable bonds is 4. The van der Waals surface area contributed by atoms with Gasteiger partial charge in [0.05, 0.1) is 10.9 Å². The number of benzene rings is 2. The normalized spacial score (nSPS) is 10.7. The molecule has 20 heavy (non-hydrogen) atoms. The van der Waals surface area contributed by atoms with E-state index in [1.807, 2.05) is 49.5 Å². The van der Waals surface area contributed by atoms with E-state index in [1.54, 1.807) is 0 Å². The number of nitrogens with one attached hydrogen (secondary N) is 1. The fraction of sp³-hybridized carbons (Fsp3) is 0.125. The van der Waals surface area contributed by atoms with Crippen LogP contribution in [-0.2, 0) is 6.54 Å². The summed E-state index contributed by atoms with van der Waals surface area (Å²) in [5, 5.41) is 4.03. The maximum Gasteiger partial charge on any atom is 0.230 e. The lowest BCUT2D eigenvalue weighted by molar-refractivity contribution is 0.467. The van der Waals surface area contributed by atoms with Crippen molar-refractivity contribution in [3.05, 3.63) is 60.4 Å². The molecule has 1 heterocycles. The molecular formula is C16H15N3O. The molecule has 1 aromatic heterocycles. The van der Waals surface area contributed by atoms with E-state index < -0.39 is 0 Å². The van der Waals surface area contributed by atoms with Crippen LogP contribution < -0.4 is 10.1 Å². The fourth-order valence-electron chi connectivity index (χ4n) is 2.10. The first-order chi connectivity index (χ1) is 9.86. The molecule has 2 aromatic carbocycles. The van der Waals surface area contributed by atoms with Gasteiger partial charge in [0.1, 0.15) is 12.1 Å². The maximum absolute atomic E-state index is 5.90. The van der Waals surface area contributed by atoms with E-state index in [2.05, 4.69) is 21.4 Å². The minimum absolute atomic E-state index is 0.581. The van der Waals surface area contributed by atoms with Crippen LogP contribution in [-0.4, -0.2) is 17.0 Å². The van der Waals surface area contributed by atoms with E-state index in [0.717, 1.165) is 23.2 Å². The molecule has 0 saturated carbocycles. The lowest BCUT2D eigenvalue weighted by Crippen LogP contribution is -2.04. The Balaban J connectivity index is 1.95. The first-order valence-corrected chi connectivity index (χ1v) is 6.48. The number of hydrogen-bond acceptors (Lipinski definition) is 4. The molecule has 0 unspecified atom stereocenters. The molecule has 0 saturated heterocycles. The topological polar surface area (TPSA) is 47.0 Å². The van der Waals surface area contributed by atoms with Gasteiger partial charge in [-0.15, -0.1) is 0 Å².